The summed E-state index contributed by atoms with van der Waals surface area (Å²) in [6, 6.07) is 4.87. The van der Waals surface area contributed by atoms with Crippen LogP contribution in [-0.2, 0) is 0 Å². The van der Waals surface area contributed by atoms with Gasteiger partial charge >= 0.3 is 0 Å². The Balaban J connectivity index is 3.08. The van der Waals surface area contributed by atoms with E-state index in [1.807, 2.05) is 0 Å². The lowest BCUT2D eigenvalue weighted by Crippen LogP contribution is -2.14. The van der Waals surface area contributed by atoms with Crippen molar-refractivity contribution < 1.29 is 9.50 Å². The predicted octanol–water partition coefficient (Wildman–Crippen LogP) is 2.71. The fraction of sp³-hybridized carbons (Fsp3) is 0.273. The van der Waals surface area contributed by atoms with E-state index in [9.17, 15) is 9.50 Å². The molecule has 0 aromatic heterocycles. The van der Waals surface area contributed by atoms with Crippen molar-refractivity contribution in [2.45, 2.75) is 19.4 Å². The Morgan fingerprint density at radius 2 is 2.07 bits per heavy atom. The molecular formula is C11H10BrFO. The number of halogens is 2. The number of hydrogen-bond acceptors (Lipinski definition) is 1. The fourth-order valence-corrected chi connectivity index (χ4v) is 1.19. The second-order valence-corrected chi connectivity index (χ2v) is 4.26. The molecule has 1 nitrogen and oxygen atoms in total. The molecule has 0 aliphatic carbocycles. The van der Waals surface area contributed by atoms with Crippen molar-refractivity contribution in [3.8, 4) is 11.8 Å². The minimum absolute atomic E-state index is 0.279. The minimum Gasteiger partial charge on any atom is -0.378 e. The van der Waals surface area contributed by atoms with Gasteiger partial charge in [-0.2, -0.15) is 0 Å². The maximum atomic E-state index is 13.3. The SMILES string of the molecule is CC(C)(O)C#Cc1cccc(Br)c1F. The Morgan fingerprint density at radius 3 is 2.64 bits per heavy atom. The lowest BCUT2D eigenvalue weighted by atomic mass is 10.1. The van der Waals surface area contributed by atoms with Gasteiger partial charge in [-0.05, 0) is 41.9 Å². The van der Waals surface area contributed by atoms with Crippen molar-refractivity contribution in [3.05, 3.63) is 34.1 Å². The standard InChI is InChI=1S/C11H10BrFO/c1-11(2,14)7-6-8-4-3-5-9(12)10(8)13/h3-5,14H,1-2H3. The first-order chi connectivity index (χ1) is 6.40. The highest BCUT2D eigenvalue weighted by molar-refractivity contribution is 9.10. The number of aliphatic hydroxyl groups is 1. The maximum Gasteiger partial charge on any atom is 0.152 e. The third-order valence-corrected chi connectivity index (χ3v) is 2.07. The van der Waals surface area contributed by atoms with E-state index in [4.69, 9.17) is 0 Å². The van der Waals surface area contributed by atoms with Gasteiger partial charge in [0, 0.05) is 0 Å². The van der Waals surface area contributed by atoms with Crippen molar-refractivity contribution in [3.63, 3.8) is 0 Å². The summed E-state index contributed by atoms with van der Waals surface area (Å²) in [5, 5.41) is 9.33. The van der Waals surface area contributed by atoms with Crippen LogP contribution in [0.1, 0.15) is 19.4 Å². The monoisotopic (exact) mass is 256 g/mol. The molecule has 0 aliphatic heterocycles. The van der Waals surface area contributed by atoms with Gasteiger partial charge in [0.1, 0.15) is 5.60 Å². The van der Waals surface area contributed by atoms with E-state index >= 15 is 0 Å². The molecule has 1 N–H and O–H groups in total. The second kappa shape index (κ2) is 4.12. The van der Waals surface area contributed by atoms with E-state index in [1.54, 1.807) is 32.0 Å². The van der Waals surface area contributed by atoms with Crippen molar-refractivity contribution in [2.24, 2.45) is 0 Å². The van der Waals surface area contributed by atoms with Gasteiger partial charge in [-0.3, -0.25) is 0 Å². The minimum atomic E-state index is -1.10. The van der Waals surface area contributed by atoms with Gasteiger partial charge < -0.3 is 5.11 Å². The molecule has 0 radical (unpaired) electrons. The fourth-order valence-electron chi connectivity index (χ4n) is 0.821. The summed E-state index contributed by atoms with van der Waals surface area (Å²) >= 11 is 3.06. The quantitative estimate of drug-likeness (QED) is 0.708. The zero-order chi connectivity index (χ0) is 10.8. The van der Waals surface area contributed by atoms with Crippen LogP contribution in [-0.4, -0.2) is 10.7 Å². The van der Waals surface area contributed by atoms with Crippen LogP contribution < -0.4 is 0 Å². The first-order valence-corrected chi connectivity index (χ1v) is 4.89. The molecule has 0 saturated heterocycles. The second-order valence-electron chi connectivity index (χ2n) is 3.41. The molecule has 74 valence electrons. The average molecular weight is 257 g/mol. The normalized spacial score (nSPS) is 10.6. The van der Waals surface area contributed by atoms with Crippen molar-refractivity contribution in [2.75, 3.05) is 0 Å². The molecule has 3 heteroatoms. The highest BCUT2D eigenvalue weighted by Gasteiger charge is 2.07. The maximum absolute atomic E-state index is 13.3. The van der Waals surface area contributed by atoms with E-state index in [0.717, 1.165) is 0 Å². The average Bonchev–Trinajstić information content (AvgIpc) is 2.06. The third-order valence-electron chi connectivity index (χ3n) is 1.45. The largest absolute Gasteiger partial charge is 0.378 e. The van der Waals surface area contributed by atoms with Crippen LogP contribution in [0.15, 0.2) is 22.7 Å². The Hall–Kier alpha value is -0.850. The topological polar surface area (TPSA) is 20.2 Å². The lowest BCUT2D eigenvalue weighted by molar-refractivity contribution is 0.143. The van der Waals surface area contributed by atoms with Crippen LogP contribution >= 0.6 is 15.9 Å². The summed E-state index contributed by atoms with van der Waals surface area (Å²) in [6.45, 7) is 3.10. The molecule has 1 aromatic carbocycles. The summed E-state index contributed by atoms with van der Waals surface area (Å²) < 4.78 is 13.7. The molecule has 0 atom stereocenters. The van der Waals surface area contributed by atoms with Gasteiger partial charge in [-0.25, -0.2) is 4.39 Å². The molecule has 14 heavy (non-hydrogen) atoms. The highest BCUT2D eigenvalue weighted by atomic mass is 79.9. The van der Waals surface area contributed by atoms with E-state index < -0.39 is 11.4 Å². The number of hydrogen-bond donors (Lipinski definition) is 1. The Kier molecular flexibility index (Phi) is 3.30. The van der Waals surface area contributed by atoms with Crippen molar-refractivity contribution in [1.82, 2.24) is 0 Å². The summed E-state index contributed by atoms with van der Waals surface area (Å²) in [7, 11) is 0. The molecule has 0 unspecified atom stereocenters. The summed E-state index contributed by atoms with van der Waals surface area (Å²) in [6.07, 6.45) is 0. The summed E-state index contributed by atoms with van der Waals surface area (Å²) in [5.74, 6) is 4.74. The van der Waals surface area contributed by atoms with Gasteiger partial charge in [0.15, 0.2) is 5.82 Å². The molecule has 0 bridgehead atoms. The van der Waals surface area contributed by atoms with E-state index in [2.05, 4.69) is 27.8 Å². The smallest absolute Gasteiger partial charge is 0.152 e. The van der Waals surface area contributed by atoms with Gasteiger partial charge in [-0.15, -0.1) is 0 Å². The van der Waals surface area contributed by atoms with Crippen LogP contribution in [0.2, 0.25) is 0 Å². The van der Waals surface area contributed by atoms with Crippen molar-refractivity contribution in [1.29, 1.82) is 0 Å². The van der Waals surface area contributed by atoms with Crippen LogP contribution in [0, 0.1) is 17.7 Å². The van der Waals surface area contributed by atoms with E-state index in [0.29, 0.717) is 4.47 Å². The zero-order valence-electron chi connectivity index (χ0n) is 7.94. The Bertz CT molecular complexity index is 396. The first kappa shape index (κ1) is 11.2. The predicted molar refractivity (Wildman–Crippen MR) is 57.3 cm³/mol. The van der Waals surface area contributed by atoms with Gasteiger partial charge in [-0.1, -0.05) is 17.9 Å². The molecule has 0 spiro atoms. The van der Waals surface area contributed by atoms with Crippen LogP contribution in [0.3, 0.4) is 0 Å². The van der Waals surface area contributed by atoms with Gasteiger partial charge in [0.25, 0.3) is 0 Å². The van der Waals surface area contributed by atoms with E-state index in [-0.39, 0.29) is 5.56 Å². The van der Waals surface area contributed by atoms with E-state index in [1.165, 1.54) is 0 Å². The molecule has 1 rings (SSSR count). The molecule has 0 saturated carbocycles. The number of benzene rings is 1. The van der Waals surface area contributed by atoms with Crippen molar-refractivity contribution >= 4 is 15.9 Å². The van der Waals surface area contributed by atoms with Crippen LogP contribution in [0.25, 0.3) is 0 Å². The van der Waals surface area contributed by atoms with Crippen LogP contribution in [0.5, 0.6) is 0 Å². The zero-order valence-corrected chi connectivity index (χ0v) is 9.52. The summed E-state index contributed by atoms with van der Waals surface area (Å²) in [5.41, 5.74) is -0.823. The summed E-state index contributed by atoms with van der Waals surface area (Å²) in [4.78, 5) is 0. The molecule has 1 aromatic rings. The third kappa shape index (κ3) is 3.13. The van der Waals surface area contributed by atoms with Gasteiger partial charge in [0.05, 0.1) is 10.0 Å². The molecule has 0 aliphatic rings. The van der Waals surface area contributed by atoms with Crippen LogP contribution in [0.4, 0.5) is 4.39 Å². The molecule has 0 fully saturated rings. The molecular weight excluding hydrogens is 247 g/mol. The first-order valence-electron chi connectivity index (χ1n) is 4.10. The molecule has 0 amide bonds. The number of rotatable bonds is 0. The molecule has 0 heterocycles. The highest BCUT2D eigenvalue weighted by Crippen LogP contribution is 2.17. The van der Waals surface area contributed by atoms with Gasteiger partial charge in [0.2, 0.25) is 0 Å². The Labute approximate surface area is 91.1 Å². The Morgan fingerprint density at radius 1 is 1.43 bits per heavy atom. The lowest BCUT2D eigenvalue weighted by Gasteiger charge is -2.06.